The van der Waals surface area contributed by atoms with Gasteiger partial charge in [0.05, 0.1) is 56.3 Å². The molecule has 14 heteroatoms. The van der Waals surface area contributed by atoms with Crippen molar-refractivity contribution < 1.29 is 47.6 Å². The second kappa shape index (κ2) is 19.2. The van der Waals surface area contributed by atoms with Crippen molar-refractivity contribution in [2.24, 2.45) is 0 Å². The van der Waals surface area contributed by atoms with Crippen LogP contribution in [0, 0.1) is 0 Å². The first-order valence-electron chi connectivity index (χ1n) is 17.7. The quantitative estimate of drug-likeness (QED) is 0.116. The second-order valence-electron chi connectivity index (χ2n) is 12.6. The molecule has 2 amide bonds. The van der Waals surface area contributed by atoms with E-state index in [4.69, 9.17) is 34.2 Å². The average Bonchev–Trinajstić information content (AvgIpc) is 3.76. The minimum absolute atomic E-state index is 0.0525. The van der Waals surface area contributed by atoms with Crippen LogP contribution in [0.15, 0.2) is 72.1 Å². The van der Waals surface area contributed by atoms with E-state index in [9.17, 15) is 19.2 Å². The number of ether oxygens (including phenoxy) is 6. The molecule has 54 heavy (non-hydrogen) atoms. The smallest absolute Gasteiger partial charge is 0.302 e. The van der Waals surface area contributed by atoms with Gasteiger partial charge in [0.15, 0.2) is 23.0 Å². The Balaban J connectivity index is 1.42. The highest BCUT2D eigenvalue weighted by Crippen LogP contribution is 2.37. The molecule has 0 saturated heterocycles. The zero-order valence-electron chi connectivity index (χ0n) is 31.9. The number of anilines is 2. The van der Waals surface area contributed by atoms with Gasteiger partial charge in [0.2, 0.25) is 0 Å². The number of amides is 2. The van der Waals surface area contributed by atoms with Gasteiger partial charge in [0.1, 0.15) is 13.2 Å². The van der Waals surface area contributed by atoms with Crippen LogP contribution < -0.4 is 30.0 Å². The molecule has 0 radical (unpaired) electrons. The molecule has 14 nitrogen and oxygen atoms in total. The van der Waals surface area contributed by atoms with E-state index >= 15 is 0 Å². The lowest BCUT2D eigenvalue weighted by atomic mass is 10.1. The summed E-state index contributed by atoms with van der Waals surface area (Å²) < 4.78 is 33.7. The molecule has 2 heterocycles. The number of carbonyl (C=O) groups is 4. The van der Waals surface area contributed by atoms with Gasteiger partial charge in [0.25, 0.3) is 11.8 Å². The fourth-order valence-electron chi connectivity index (χ4n) is 6.17. The Kier molecular flexibility index (Phi) is 14.6. The highest BCUT2D eigenvalue weighted by molar-refractivity contribution is 6.02. The predicted molar refractivity (Wildman–Crippen MR) is 204 cm³/mol. The summed E-state index contributed by atoms with van der Waals surface area (Å²) in [6.45, 7) is 7.05. The predicted octanol–water partition coefficient (Wildman–Crippen LogP) is 5.65. The van der Waals surface area contributed by atoms with E-state index < -0.39 is 11.9 Å². The molecule has 2 atom stereocenters. The lowest BCUT2D eigenvalue weighted by Gasteiger charge is -2.25. The minimum Gasteiger partial charge on any atom is -0.493 e. The van der Waals surface area contributed by atoms with E-state index in [1.54, 1.807) is 48.6 Å². The van der Waals surface area contributed by atoms with Crippen LogP contribution in [0.25, 0.3) is 0 Å². The van der Waals surface area contributed by atoms with E-state index in [1.165, 1.54) is 33.0 Å². The third-order valence-corrected chi connectivity index (χ3v) is 8.70. The Morgan fingerprint density at radius 1 is 0.741 bits per heavy atom. The van der Waals surface area contributed by atoms with Gasteiger partial charge in [-0.25, -0.2) is 0 Å². The van der Waals surface area contributed by atoms with Crippen molar-refractivity contribution in [1.82, 2.24) is 9.80 Å². The van der Waals surface area contributed by atoms with E-state index in [0.29, 0.717) is 53.5 Å². The van der Waals surface area contributed by atoms with Crippen LogP contribution in [0.1, 0.15) is 67.7 Å². The second-order valence-corrected chi connectivity index (χ2v) is 12.6. The highest BCUT2D eigenvalue weighted by Gasteiger charge is 2.33. The van der Waals surface area contributed by atoms with Crippen molar-refractivity contribution in [3.05, 3.63) is 83.2 Å². The van der Waals surface area contributed by atoms with E-state index in [0.717, 1.165) is 11.1 Å². The highest BCUT2D eigenvalue weighted by atomic mass is 16.5. The Morgan fingerprint density at radius 2 is 1.20 bits per heavy atom. The van der Waals surface area contributed by atoms with Crippen LogP contribution in [0.2, 0.25) is 0 Å². The number of benzene rings is 2. The molecule has 2 aliphatic heterocycles. The van der Waals surface area contributed by atoms with E-state index in [-0.39, 0.29) is 61.6 Å². The summed E-state index contributed by atoms with van der Waals surface area (Å²) in [7, 11) is 4.68. The molecular weight excluding hydrogens is 696 g/mol. The summed E-state index contributed by atoms with van der Waals surface area (Å²) in [6, 6.07) is 5.69. The summed E-state index contributed by atoms with van der Waals surface area (Å²) in [5.74, 6) is -0.0225. The molecule has 2 aromatic carbocycles. The number of hydrogen-bond donors (Lipinski definition) is 2. The third-order valence-electron chi connectivity index (χ3n) is 8.70. The van der Waals surface area contributed by atoms with Gasteiger partial charge in [-0.1, -0.05) is 24.3 Å². The first-order chi connectivity index (χ1) is 25.9. The topological polar surface area (TPSA) is 168 Å². The summed E-state index contributed by atoms with van der Waals surface area (Å²) in [4.78, 5) is 53.6. The fraction of sp³-hybridized carbons (Fsp3) is 0.400. The third kappa shape index (κ3) is 10.1. The molecule has 2 aliphatic rings. The van der Waals surface area contributed by atoms with Gasteiger partial charge >= 0.3 is 11.9 Å². The van der Waals surface area contributed by atoms with Gasteiger partial charge in [-0.05, 0) is 50.0 Å². The van der Waals surface area contributed by atoms with Crippen molar-refractivity contribution >= 4 is 35.1 Å². The monoisotopic (exact) mass is 746 g/mol. The van der Waals surface area contributed by atoms with Crippen LogP contribution in [-0.4, -0.2) is 93.3 Å². The van der Waals surface area contributed by atoms with Crippen molar-refractivity contribution in [2.45, 2.75) is 59.0 Å². The van der Waals surface area contributed by atoms with Gasteiger partial charge < -0.3 is 49.3 Å². The molecule has 4 rings (SSSR count). The van der Waals surface area contributed by atoms with Gasteiger partial charge in [-0.15, -0.1) is 0 Å². The molecule has 0 saturated carbocycles. The van der Waals surface area contributed by atoms with Crippen LogP contribution >= 0.6 is 0 Å². The number of rotatable bonds is 17. The number of allylic oxidation sites excluding steroid dienone is 4. The maximum absolute atomic E-state index is 13.8. The fourth-order valence-corrected chi connectivity index (χ4v) is 6.17. The summed E-state index contributed by atoms with van der Waals surface area (Å²) >= 11 is 0. The SMILES string of the molecule is C/C=C/C1=CN(C(=O)c2cc(OC)c(OCCCOc3cc(NC)c(C(=O)N4C=C(/C=C/C)C[C@H]4COC(C)=O)cc3OC)cc2N)[C@H](COC(C)=O)C1. The number of carbonyl (C=O) groups excluding carboxylic acids is 4. The van der Waals surface area contributed by atoms with E-state index in [1.807, 2.05) is 38.2 Å². The summed E-state index contributed by atoms with van der Waals surface area (Å²) in [6.07, 6.45) is 12.7. The zero-order chi connectivity index (χ0) is 39.4. The average molecular weight is 747 g/mol. The van der Waals surface area contributed by atoms with Gasteiger partial charge in [-0.3, -0.25) is 19.2 Å². The molecular formula is C40H50N4O10. The number of nitrogens with two attached hydrogens (primary N) is 1. The molecule has 290 valence electrons. The molecule has 0 aliphatic carbocycles. The summed E-state index contributed by atoms with van der Waals surface area (Å²) in [5, 5.41) is 3.08. The standard InChI is InChI=1S/C40H50N4O10/c1-8-11-27-15-29(23-53-25(3)45)43(21-27)39(47)31-17-35(49-6)37(19-33(31)41)51-13-10-14-52-38-20-34(42-5)32(18-36(38)50-7)40(48)44-22-28(12-9-2)16-30(44)24-54-26(4)46/h8-9,11-12,17-22,29-30,42H,10,13-16,23-24,41H2,1-7H3/b11-8+,12-9+/t29-,30-/m0/s1. The van der Waals surface area contributed by atoms with Crippen molar-refractivity contribution in [1.29, 1.82) is 0 Å². The van der Waals surface area contributed by atoms with Crippen LogP contribution in [0.4, 0.5) is 11.4 Å². The molecule has 0 spiro atoms. The molecule has 0 unspecified atom stereocenters. The first kappa shape index (κ1) is 40.8. The maximum atomic E-state index is 13.8. The Hall–Kier alpha value is -5.92. The Morgan fingerprint density at radius 3 is 1.65 bits per heavy atom. The first-order valence-corrected chi connectivity index (χ1v) is 17.7. The number of hydrogen-bond acceptors (Lipinski definition) is 12. The van der Waals surface area contributed by atoms with Crippen molar-refractivity contribution in [3.8, 4) is 23.0 Å². The molecule has 0 fully saturated rings. The van der Waals surface area contributed by atoms with Crippen LogP contribution in [-0.2, 0) is 19.1 Å². The Bertz CT molecular complexity index is 1830. The maximum Gasteiger partial charge on any atom is 0.302 e. The number of nitrogens with zero attached hydrogens (tertiary/aromatic N) is 2. The molecule has 0 bridgehead atoms. The van der Waals surface area contributed by atoms with Crippen molar-refractivity contribution in [3.63, 3.8) is 0 Å². The van der Waals surface area contributed by atoms with Crippen LogP contribution in [0.5, 0.6) is 23.0 Å². The number of nitrogens with one attached hydrogen (secondary N) is 1. The number of nitrogen functional groups attached to an aromatic ring is 1. The number of methoxy groups -OCH3 is 2. The largest absolute Gasteiger partial charge is 0.493 e. The lowest BCUT2D eigenvalue weighted by Crippen LogP contribution is -2.37. The lowest BCUT2D eigenvalue weighted by molar-refractivity contribution is -0.143. The minimum atomic E-state index is -0.427. The molecule has 3 N–H and O–H groups in total. The van der Waals surface area contributed by atoms with Gasteiger partial charge in [-0.2, -0.15) is 0 Å². The molecule has 2 aromatic rings. The molecule has 0 aromatic heterocycles. The Labute approximate surface area is 316 Å². The van der Waals surface area contributed by atoms with Crippen molar-refractivity contribution in [2.75, 3.05) is 58.7 Å². The van der Waals surface area contributed by atoms with Crippen LogP contribution in [0.3, 0.4) is 0 Å². The van der Waals surface area contributed by atoms with Gasteiger partial charge in [0, 0.05) is 57.5 Å². The zero-order valence-corrected chi connectivity index (χ0v) is 31.9. The number of esters is 2. The van der Waals surface area contributed by atoms with E-state index in [2.05, 4.69) is 5.32 Å². The normalized spacial score (nSPS) is 16.6. The summed E-state index contributed by atoms with van der Waals surface area (Å²) in [5.41, 5.74) is 9.54.